The Morgan fingerprint density at radius 1 is 1.06 bits per heavy atom. The van der Waals surface area contributed by atoms with E-state index >= 15 is 0 Å². The number of fused-ring (bicyclic) bond motifs is 3. The molecule has 0 radical (unpaired) electrons. The van der Waals surface area contributed by atoms with E-state index in [0.717, 1.165) is 31.7 Å². The fraction of sp³-hybridized carbons (Fsp3) is 0.381. The number of alkyl halides is 3. The van der Waals surface area contributed by atoms with Crippen molar-refractivity contribution in [2.45, 2.75) is 37.5 Å². The van der Waals surface area contributed by atoms with Gasteiger partial charge in [0, 0.05) is 12.6 Å². The molecule has 3 fully saturated rings. The van der Waals surface area contributed by atoms with Crippen LogP contribution in [0.15, 0.2) is 49.1 Å². The normalized spacial score (nSPS) is 22.7. The molecule has 0 spiro atoms. The fourth-order valence-electron chi connectivity index (χ4n) is 4.65. The molecule has 6 rings (SSSR count). The minimum Gasteiger partial charge on any atom is -0.364 e. The number of benzene rings is 1. The number of amides is 1. The first kappa shape index (κ1) is 20.4. The highest BCUT2D eigenvalue weighted by Crippen LogP contribution is 2.38. The van der Waals surface area contributed by atoms with Gasteiger partial charge in [0.15, 0.2) is 5.69 Å². The van der Waals surface area contributed by atoms with E-state index in [2.05, 4.69) is 25.5 Å². The largest absolute Gasteiger partial charge is 0.434 e. The predicted molar refractivity (Wildman–Crippen MR) is 108 cm³/mol. The first-order valence-electron chi connectivity index (χ1n) is 10.3. The lowest BCUT2D eigenvalue weighted by atomic mass is 9.76. The number of piperidine rings is 2. The number of hydrogen-bond acceptors (Lipinski definition) is 6. The van der Waals surface area contributed by atoms with Crippen LogP contribution < -0.4 is 5.32 Å². The van der Waals surface area contributed by atoms with Crippen LogP contribution in [-0.2, 0) is 6.18 Å². The van der Waals surface area contributed by atoms with Gasteiger partial charge < -0.3 is 10.2 Å². The van der Waals surface area contributed by atoms with E-state index < -0.39 is 11.9 Å². The van der Waals surface area contributed by atoms with Crippen molar-refractivity contribution in [3.05, 3.63) is 60.3 Å². The molecule has 1 saturated carbocycles. The van der Waals surface area contributed by atoms with Gasteiger partial charge in [0.1, 0.15) is 5.82 Å². The van der Waals surface area contributed by atoms with Crippen LogP contribution in [-0.4, -0.2) is 54.4 Å². The quantitative estimate of drug-likeness (QED) is 0.666. The third-order valence-corrected chi connectivity index (χ3v) is 6.08. The van der Waals surface area contributed by atoms with Crippen LogP contribution in [0.2, 0.25) is 0 Å². The molecule has 166 valence electrons. The molecule has 2 aliphatic heterocycles. The molecule has 1 aromatic carbocycles. The number of carbonyl (C=O) groups is 1. The van der Waals surface area contributed by atoms with Crippen LogP contribution in [0.1, 0.15) is 35.3 Å². The van der Waals surface area contributed by atoms with Gasteiger partial charge in [0.25, 0.3) is 5.91 Å². The lowest BCUT2D eigenvalue weighted by Gasteiger charge is -2.50. The van der Waals surface area contributed by atoms with E-state index in [0.29, 0.717) is 23.7 Å². The number of rotatable bonds is 4. The minimum atomic E-state index is -4.53. The van der Waals surface area contributed by atoms with Crippen molar-refractivity contribution in [3.63, 3.8) is 0 Å². The predicted octanol–water partition coefficient (Wildman–Crippen LogP) is 3.18. The van der Waals surface area contributed by atoms with E-state index in [1.807, 2.05) is 11.0 Å². The number of carbonyl (C=O) groups excluding carboxylic acids is 1. The highest BCUT2D eigenvalue weighted by Gasteiger charge is 2.43. The third-order valence-electron chi connectivity index (χ3n) is 6.08. The maximum Gasteiger partial charge on any atom is 0.434 e. The summed E-state index contributed by atoms with van der Waals surface area (Å²) in [6, 6.07) is 6.96. The van der Waals surface area contributed by atoms with Gasteiger partial charge in [-0.05, 0) is 37.3 Å². The molecule has 1 aliphatic carbocycles. The van der Waals surface area contributed by atoms with Crippen molar-refractivity contribution in [3.8, 4) is 5.69 Å². The van der Waals surface area contributed by atoms with E-state index in [-0.39, 0.29) is 23.8 Å². The summed E-state index contributed by atoms with van der Waals surface area (Å²) in [4.78, 5) is 24.2. The van der Waals surface area contributed by atoms with Crippen molar-refractivity contribution < 1.29 is 18.0 Å². The molecule has 32 heavy (non-hydrogen) atoms. The van der Waals surface area contributed by atoms with Crippen molar-refractivity contribution in [2.24, 2.45) is 5.92 Å². The second-order valence-electron chi connectivity index (χ2n) is 8.08. The van der Waals surface area contributed by atoms with Gasteiger partial charge >= 0.3 is 6.18 Å². The summed E-state index contributed by atoms with van der Waals surface area (Å²) in [6.45, 7) is 0.640. The number of halogens is 3. The van der Waals surface area contributed by atoms with Crippen LogP contribution in [0.3, 0.4) is 0 Å². The van der Waals surface area contributed by atoms with Crippen molar-refractivity contribution in [2.75, 3.05) is 11.9 Å². The summed E-state index contributed by atoms with van der Waals surface area (Å²) < 4.78 is 38.3. The standard InChI is InChI=1S/C21H20F3N7O/c22-21(23,24)18-10-26-19(11-25-18)29-15-9-13-5-6-17(15)30(12-13)20(32)14-3-1-2-4-16(14)31-27-7-8-28-31/h1-4,7-8,10-11,13,15,17H,5-6,9,12H2,(H,26,29)/t13-,15+,17-/m0/s1. The molecular weight excluding hydrogens is 423 g/mol. The second-order valence-corrected chi connectivity index (χ2v) is 8.08. The van der Waals surface area contributed by atoms with E-state index in [4.69, 9.17) is 0 Å². The summed E-state index contributed by atoms with van der Waals surface area (Å²) in [5, 5.41) is 11.5. The first-order chi connectivity index (χ1) is 15.4. The maximum absolute atomic E-state index is 13.5. The zero-order valence-electron chi connectivity index (χ0n) is 16.9. The average molecular weight is 443 g/mol. The SMILES string of the molecule is O=C(c1ccccc1-n1nccn1)N1C[C@H]2CC[C@H]1[C@H](Nc1cnc(C(F)(F)F)cn1)C2. The molecule has 3 aromatic rings. The first-order valence-corrected chi connectivity index (χ1v) is 10.3. The number of aromatic nitrogens is 5. The van der Waals surface area contributed by atoms with Crippen molar-refractivity contribution in [1.29, 1.82) is 0 Å². The third kappa shape index (κ3) is 3.78. The summed E-state index contributed by atoms with van der Waals surface area (Å²) in [6.07, 6.45) is 3.02. The summed E-state index contributed by atoms with van der Waals surface area (Å²) >= 11 is 0. The Morgan fingerprint density at radius 2 is 1.84 bits per heavy atom. The lowest BCUT2D eigenvalue weighted by molar-refractivity contribution is -0.141. The Morgan fingerprint density at radius 3 is 2.53 bits per heavy atom. The average Bonchev–Trinajstić information content (AvgIpc) is 3.33. The monoisotopic (exact) mass is 443 g/mol. The van der Waals surface area contributed by atoms with E-state index in [1.165, 1.54) is 4.80 Å². The van der Waals surface area contributed by atoms with Crippen LogP contribution in [0.25, 0.3) is 5.69 Å². The maximum atomic E-state index is 13.5. The summed E-state index contributed by atoms with van der Waals surface area (Å²) in [5.41, 5.74) is 0.0697. The molecule has 11 heteroatoms. The number of nitrogens with one attached hydrogen (secondary N) is 1. The van der Waals surface area contributed by atoms with Gasteiger partial charge in [0.05, 0.1) is 42.1 Å². The second kappa shape index (κ2) is 7.88. The van der Waals surface area contributed by atoms with Gasteiger partial charge in [0.2, 0.25) is 0 Å². The van der Waals surface area contributed by atoms with Gasteiger partial charge in [-0.2, -0.15) is 28.2 Å². The highest BCUT2D eigenvalue weighted by molar-refractivity contribution is 5.98. The van der Waals surface area contributed by atoms with Crippen LogP contribution in [0, 0.1) is 5.92 Å². The van der Waals surface area contributed by atoms with Crippen LogP contribution in [0.5, 0.6) is 0 Å². The molecular formula is C21H20F3N7O. The molecule has 2 bridgehead atoms. The Kier molecular flexibility index (Phi) is 5.03. The Labute approximate surface area is 181 Å². The van der Waals surface area contributed by atoms with Gasteiger partial charge in [-0.3, -0.25) is 4.79 Å². The Hall–Kier alpha value is -3.50. The van der Waals surface area contributed by atoms with E-state index in [9.17, 15) is 18.0 Å². The lowest BCUT2D eigenvalue weighted by Crippen LogP contribution is -2.59. The molecule has 1 amide bonds. The van der Waals surface area contributed by atoms with Gasteiger partial charge in [-0.1, -0.05) is 12.1 Å². The van der Waals surface area contributed by atoms with Crippen molar-refractivity contribution in [1.82, 2.24) is 29.9 Å². The Bertz CT molecular complexity index is 1100. The smallest absolute Gasteiger partial charge is 0.364 e. The number of para-hydroxylation sites is 1. The number of nitrogens with zero attached hydrogens (tertiary/aromatic N) is 6. The molecule has 0 unspecified atom stereocenters. The minimum absolute atomic E-state index is 0.102. The molecule has 1 N–H and O–H groups in total. The molecule has 3 aliphatic rings. The van der Waals surface area contributed by atoms with Gasteiger partial charge in [-0.15, -0.1) is 0 Å². The van der Waals surface area contributed by atoms with Crippen molar-refractivity contribution >= 4 is 11.7 Å². The van der Waals surface area contributed by atoms with Crippen LogP contribution >= 0.6 is 0 Å². The highest BCUT2D eigenvalue weighted by atomic mass is 19.4. The molecule has 2 aromatic heterocycles. The molecule has 4 heterocycles. The topological polar surface area (TPSA) is 88.8 Å². The zero-order valence-corrected chi connectivity index (χ0v) is 16.9. The Balaban J connectivity index is 1.37. The fourth-order valence-corrected chi connectivity index (χ4v) is 4.65. The molecule has 3 atom stereocenters. The zero-order chi connectivity index (χ0) is 22.3. The van der Waals surface area contributed by atoms with Gasteiger partial charge in [-0.25, -0.2) is 9.97 Å². The van der Waals surface area contributed by atoms with E-state index in [1.54, 1.807) is 30.6 Å². The van der Waals surface area contributed by atoms with Crippen LogP contribution in [0.4, 0.5) is 19.0 Å². The molecule has 2 saturated heterocycles. The number of hydrogen-bond donors (Lipinski definition) is 1. The summed E-state index contributed by atoms with van der Waals surface area (Å²) in [5.74, 6) is 0.459. The number of anilines is 1. The summed E-state index contributed by atoms with van der Waals surface area (Å²) in [7, 11) is 0. The molecule has 8 nitrogen and oxygen atoms in total.